The molecule has 1 heterocycles. The summed E-state index contributed by atoms with van der Waals surface area (Å²) in [7, 11) is 0. The van der Waals surface area contributed by atoms with Crippen molar-refractivity contribution >= 4 is 5.97 Å². The maximum absolute atomic E-state index is 10.9. The Morgan fingerprint density at radius 1 is 1.26 bits per heavy atom. The fraction of sp³-hybridized carbons (Fsp3) is 0.200. The first-order valence-corrected chi connectivity index (χ1v) is 5.99. The Labute approximate surface area is 111 Å². The van der Waals surface area contributed by atoms with Crippen LogP contribution >= 0.6 is 0 Å². The van der Waals surface area contributed by atoms with Crippen LogP contribution in [0.3, 0.4) is 0 Å². The third-order valence-corrected chi connectivity index (χ3v) is 2.86. The molecule has 2 aromatic rings. The number of nitrogens with zero attached hydrogens (tertiary/aromatic N) is 1. The number of aryl methyl sites for hydroxylation is 1. The molecule has 0 aliphatic rings. The van der Waals surface area contributed by atoms with Gasteiger partial charge in [0.1, 0.15) is 5.75 Å². The zero-order chi connectivity index (χ0) is 13.8. The highest BCUT2D eigenvalue weighted by Gasteiger charge is 2.13. The van der Waals surface area contributed by atoms with Crippen LogP contribution in [0.1, 0.15) is 24.0 Å². The van der Waals surface area contributed by atoms with Crippen LogP contribution in [0, 0.1) is 6.92 Å². The highest BCUT2D eigenvalue weighted by molar-refractivity contribution is 5.75. The molecule has 19 heavy (non-hydrogen) atoms. The number of hydrogen-bond acceptors (Lipinski definition) is 3. The van der Waals surface area contributed by atoms with E-state index in [2.05, 4.69) is 4.98 Å². The van der Waals surface area contributed by atoms with Gasteiger partial charge in [0.2, 0.25) is 5.88 Å². The number of benzene rings is 1. The van der Waals surface area contributed by atoms with Crippen molar-refractivity contribution < 1.29 is 14.6 Å². The summed E-state index contributed by atoms with van der Waals surface area (Å²) in [5, 5.41) is 8.93. The lowest BCUT2D eigenvalue weighted by Crippen LogP contribution is -2.06. The first-order valence-electron chi connectivity index (χ1n) is 5.99. The van der Waals surface area contributed by atoms with Crippen LogP contribution in [0.5, 0.6) is 11.6 Å². The highest BCUT2D eigenvalue weighted by atomic mass is 16.5. The van der Waals surface area contributed by atoms with Gasteiger partial charge in [0.15, 0.2) is 0 Å². The lowest BCUT2D eigenvalue weighted by Gasteiger charge is -2.08. The summed E-state index contributed by atoms with van der Waals surface area (Å²) in [6.45, 7) is 3.62. The van der Waals surface area contributed by atoms with E-state index in [1.807, 2.05) is 19.1 Å². The number of carboxylic acids is 1. The third kappa shape index (κ3) is 3.31. The van der Waals surface area contributed by atoms with E-state index in [0.29, 0.717) is 11.6 Å². The second-order valence-electron chi connectivity index (χ2n) is 4.40. The van der Waals surface area contributed by atoms with Crippen LogP contribution in [-0.4, -0.2) is 16.1 Å². The predicted octanol–water partition coefficient (Wildman–Crippen LogP) is 3.37. The molecule has 0 aliphatic heterocycles. The second kappa shape index (κ2) is 5.52. The van der Waals surface area contributed by atoms with Gasteiger partial charge in [-0.2, -0.15) is 0 Å². The van der Waals surface area contributed by atoms with Crippen molar-refractivity contribution in [1.82, 2.24) is 4.98 Å². The number of ether oxygens (including phenoxy) is 1. The van der Waals surface area contributed by atoms with Crippen molar-refractivity contribution in [1.29, 1.82) is 0 Å². The molecule has 4 nitrogen and oxygen atoms in total. The fourth-order valence-corrected chi connectivity index (χ4v) is 1.65. The van der Waals surface area contributed by atoms with Gasteiger partial charge in [0, 0.05) is 12.3 Å². The summed E-state index contributed by atoms with van der Waals surface area (Å²) in [5.74, 6) is -0.196. The maximum atomic E-state index is 10.9. The van der Waals surface area contributed by atoms with Crippen LogP contribution in [0.25, 0.3) is 0 Å². The van der Waals surface area contributed by atoms with Crippen molar-refractivity contribution in [2.24, 2.45) is 0 Å². The smallest absolute Gasteiger partial charge is 0.310 e. The van der Waals surface area contributed by atoms with Crippen LogP contribution in [-0.2, 0) is 4.79 Å². The zero-order valence-electron chi connectivity index (χ0n) is 10.8. The van der Waals surface area contributed by atoms with Crippen LogP contribution in [0.4, 0.5) is 0 Å². The first-order chi connectivity index (χ1) is 9.06. The number of aliphatic carboxylic acids is 1. The summed E-state index contributed by atoms with van der Waals surface area (Å²) in [4.78, 5) is 15.0. The zero-order valence-corrected chi connectivity index (χ0v) is 10.8. The van der Waals surface area contributed by atoms with Gasteiger partial charge >= 0.3 is 5.97 Å². The first kappa shape index (κ1) is 13.1. The van der Waals surface area contributed by atoms with Crippen molar-refractivity contribution in [3.05, 3.63) is 53.7 Å². The molecule has 1 aromatic carbocycles. The predicted molar refractivity (Wildman–Crippen MR) is 71.5 cm³/mol. The summed E-state index contributed by atoms with van der Waals surface area (Å²) in [5.41, 5.74) is 1.82. The second-order valence-corrected chi connectivity index (χ2v) is 4.40. The Kier molecular flexibility index (Phi) is 3.80. The van der Waals surface area contributed by atoms with E-state index >= 15 is 0 Å². The average molecular weight is 257 g/mol. The molecule has 0 aliphatic carbocycles. The minimum Gasteiger partial charge on any atom is -0.481 e. The van der Waals surface area contributed by atoms with E-state index in [1.165, 1.54) is 0 Å². The molecule has 0 saturated heterocycles. The standard InChI is InChI=1S/C15H15NO3/c1-10-7-8-16-14(9-10)19-13-5-3-12(4-6-13)11(2)15(17)18/h3-9,11H,1-2H3,(H,17,18). The maximum Gasteiger partial charge on any atom is 0.310 e. The lowest BCUT2D eigenvalue weighted by molar-refractivity contribution is -0.138. The monoisotopic (exact) mass is 257 g/mol. The van der Waals surface area contributed by atoms with E-state index in [4.69, 9.17) is 9.84 Å². The van der Waals surface area contributed by atoms with Crippen molar-refractivity contribution in [2.45, 2.75) is 19.8 Å². The number of carbonyl (C=O) groups is 1. The molecule has 2 rings (SSSR count). The number of carboxylic acid groups (broad SMARTS) is 1. The molecule has 0 fully saturated rings. The molecule has 1 aromatic heterocycles. The Hall–Kier alpha value is -2.36. The third-order valence-electron chi connectivity index (χ3n) is 2.86. The molecule has 0 spiro atoms. The Bertz CT molecular complexity index is 578. The quantitative estimate of drug-likeness (QED) is 0.912. The van der Waals surface area contributed by atoms with Gasteiger partial charge in [0.05, 0.1) is 5.92 Å². The van der Waals surface area contributed by atoms with Crippen molar-refractivity contribution in [3.63, 3.8) is 0 Å². The highest BCUT2D eigenvalue weighted by Crippen LogP contribution is 2.23. The largest absolute Gasteiger partial charge is 0.481 e. The normalized spacial score (nSPS) is 11.9. The molecule has 0 saturated carbocycles. The van der Waals surface area contributed by atoms with Gasteiger partial charge in [-0.3, -0.25) is 4.79 Å². The number of pyridine rings is 1. The molecule has 0 bridgehead atoms. The number of aromatic nitrogens is 1. The van der Waals surface area contributed by atoms with E-state index < -0.39 is 11.9 Å². The van der Waals surface area contributed by atoms with Gasteiger partial charge < -0.3 is 9.84 Å². The molecule has 1 unspecified atom stereocenters. The number of hydrogen-bond donors (Lipinski definition) is 1. The van der Waals surface area contributed by atoms with Crippen LogP contribution < -0.4 is 4.74 Å². The summed E-state index contributed by atoms with van der Waals surface area (Å²) < 4.78 is 5.60. The SMILES string of the molecule is Cc1ccnc(Oc2ccc(C(C)C(=O)O)cc2)c1. The van der Waals surface area contributed by atoms with E-state index in [-0.39, 0.29) is 0 Å². The van der Waals surface area contributed by atoms with Gasteiger partial charge in [-0.05, 0) is 43.2 Å². The topological polar surface area (TPSA) is 59.4 Å². The van der Waals surface area contributed by atoms with E-state index in [0.717, 1.165) is 11.1 Å². The summed E-state index contributed by atoms with van der Waals surface area (Å²) >= 11 is 0. The Morgan fingerprint density at radius 2 is 1.95 bits per heavy atom. The number of rotatable bonds is 4. The molecule has 98 valence electrons. The van der Waals surface area contributed by atoms with Gasteiger partial charge in [-0.1, -0.05) is 12.1 Å². The summed E-state index contributed by atoms with van der Waals surface area (Å²) in [6, 6.07) is 10.7. The minimum absolute atomic E-state index is 0.522. The molecule has 0 radical (unpaired) electrons. The average Bonchev–Trinajstić information content (AvgIpc) is 2.39. The van der Waals surface area contributed by atoms with Crippen molar-refractivity contribution in [3.8, 4) is 11.6 Å². The van der Waals surface area contributed by atoms with Gasteiger partial charge in [-0.15, -0.1) is 0 Å². The molecule has 0 amide bonds. The van der Waals surface area contributed by atoms with Crippen molar-refractivity contribution in [2.75, 3.05) is 0 Å². The Balaban J connectivity index is 2.13. The Morgan fingerprint density at radius 3 is 2.53 bits per heavy atom. The molecule has 1 N–H and O–H groups in total. The van der Waals surface area contributed by atoms with Gasteiger partial charge in [-0.25, -0.2) is 4.98 Å². The summed E-state index contributed by atoms with van der Waals surface area (Å²) in [6.07, 6.45) is 1.69. The molecule has 4 heteroatoms. The molecular formula is C15H15NO3. The molecule has 1 atom stereocenters. The van der Waals surface area contributed by atoms with Crippen LogP contribution in [0.2, 0.25) is 0 Å². The van der Waals surface area contributed by atoms with E-state index in [9.17, 15) is 4.79 Å². The fourth-order valence-electron chi connectivity index (χ4n) is 1.65. The van der Waals surface area contributed by atoms with Gasteiger partial charge in [0.25, 0.3) is 0 Å². The van der Waals surface area contributed by atoms with E-state index in [1.54, 1.807) is 37.4 Å². The van der Waals surface area contributed by atoms with Crippen LogP contribution in [0.15, 0.2) is 42.6 Å². The lowest BCUT2D eigenvalue weighted by atomic mass is 10.0. The molecular weight excluding hydrogens is 242 g/mol. The minimum atomic E-state index is -0.839.